The Morgan fingerprint density at radius 2 is 1.79 bits per heavy atom. The highest BCUT2D eigenvalue weighted by atomic mass is 32.2. The van der Waals surface area contributed by atoms with Crippen molar-refractivity contribution in [3.63, 3.8) is 0 Å². The van der Waals surface area contributed by atoms with Crippen LogP contribution in [0.15, 0.2) is 29.2 Å². The van der Waals surface area contributed by atoms with Crippen LogP contribution in [-0.2, 0) is 9.84 Å². The summed E-state index contributed by atoms with van der Waals surface area (Å²) in [5.41, 5.74) is 1.75. The number of carbonyl (C=O) groups is 1. The van der Waals surface area contributed by atoms with Crippen molar-refractivity contribution in [1.29, 1.82) is 0 Å². The molecule has 0 saturated carbocycles. The number of aryl methyl sites for hydroxylation is 2. The first-order valence-corrected chi connectivity index (χ1v) is 9.44. The normalized spacial score (nSPS) is 11.6. The Morgan fingerprint density at radius 3 is 2.38 bits per heavy atom. The van der Waals surface area contributed by atoms with Crippen molar-refractivity contribution in [2.75, 3.05) is 11.6 Å². The van der Waals surface area contributed by atoms with Crippen LogP contribution in [0.25, 0.3) is 0 Å². The molecule has 128 valence electrons. The van der Waals surface area contributed by atoms with Gasteiger partial charge in [0.1, 0.15) is 11.6 Å². The largest absolute Gasteiger partial charge is 0.306 e. The average Bonchev–Trinajstić information content (AvgIpc) is 2.45. The predicted octanol–water partition coefficient (Wildman–Crippen LogP) is 2.87. The molecule has 0 saturated heterocycles. The summed E-state index contributed by atoms with van der Waals surface area (Å²) in [6, 6.07) is 6.18. The van der Waals surface area contributed by atoms with Crippen LogP contribution >= 0.6 is 0 Å². The first kappa shape index (κ1) is 18.1. The minimum absolute atomic E-state index is 0.111. The van der Waals surface area contributed by atoms with E-state index in [4.69, 9.17) is 0 Å². The third kappa shape index (κ3) is 4.17. The summed E-state index contributed by atoms with van der Waals surface area (Å²) in [4.78, 5) is 21.3. The van der Waals surface area contributed by atoms with Gasteiger partial charge in [-0.3, -0.25) is 4.79 Å². The number of aromatic nitrogens is 2. The monoisotopic (exact) mass is 347 g/mol. The third-order valence-electron chi connectivity index (χ3n) is 3.51. The molecule has 2 rings (SSSR count). The summed E-state index contributed by atoms with van der Waals surface area (Å²) in [6.07, 6.45) is 1.11. The number of hydrogen-bond acceptors (Lipinski definition) is 5. The molecule has 1 amide bonds. The Labute approximate surface area is 142 Å². The zero-order valence-electron chi connectivity index (χ0n) is 14.4. The van der Waals surface area contributed by atoms with Crippen molar-refractivity contribution in [1.82, 2.24) is 9.97 Å². The fraction of sp³-hybridized carbons (Fsp3) is 0.353. The van der Waals surface area contributed by atoms with Gasteiger partial charge in [-0.05, 0) is 31.5 Å². The maximum atomic E-state index is 12.5. The molecule has 2 aromatic rings. The molecule has 24 heavy (non-hydrogen) atoms. The fourth-order valence-corrected chi connectivity index (χ4v) is 2.82. The molecule has 1 aromatic carbocycles. The lowest BCUT2D eigenvalue weighted by atomic mass is 10.1. The molecule has 0 radical (unpaired) electrons. The molecule has 0 fully saturated rings. The molecule has 0 atom stereocenters. The molecule has 1 heterocycles. The van der Waals surface area contributed by atoms with Gasteiger partial charge in [0.25, 0.3) is 5.91 Å². The number of carbonyl (C=O) groups excluding carboxylic acids is 1. The van der Waals surface area contributed by atoms with Gasteiger partial charge in [-0.15, -0.1) is 0 Å². The second-order valence-corrected chi connectivity index (χ2v) is 8.13. The number of amides is 1. The maximum Gasteiger partial charge on any atom is 0.257 e. The van der Waals surface area contributed by atoms with Crippen molar-refractivity contribution in [3.8, 4) is 0 Å². The van der Waals surface area contributed by atoms with Crippen molar-refractivity contribution in [2.45, 2.75) is 38.5 Å². The Kier molecular flexibility index (Phi) is 5.03. The first-order valence-electron chi connectivity index (χ1n) is 7.55. The van der Waals surface area contributed by atoms with Gasteiger partial charge in [-0.25, -0.2) is 18.4 Å². The zero-order chi connectivity index (χ0) is 18.1. The van der Waals surface area contributed by atoms with Crippen LogP contribution in [0, 0.1) is 13.8 Å². The van der Waals surface area contributed by atoms with Crippen LogP contribution in [0.2, 0.25) is 0 Å². The van der Waals surface area contributed by atoms with E-state index in [1.807, 2.05) is 20.8 Å². The molecule has 7 heteroatoms. The summed E-state index contributed by atoms with van der Waals surface area (Å²) in [7, 11) is -3.38. The van der Waals surface area contributed by atoms with Crippen LogP contribution in [0.1, 0.15) is 47.2 Å². The summed E-state index contributed by atoms with van der Waals surface area (Å²) >= 11 is 0. The summed E-state index contributed by atoms with van der Waals surface area (Å²) in [5.74, 6) is 0.786. The number of anilines is 1. The fourth-order valence-electron chi connectivity index (χ4n) is 2.17. The van der Waals surface area contributed by atoms with Gasteiger partial charge >= 0.3 is 0 Å². The maximum absolute atomic E-state index is 12.5. The van der Waals surface area contributed by atoms with E-state index in [2.05, 4.69) is 15.3 Å². The Hall–Kier alpha value is -2.28. The molecule has 1 aromatic heterocycles. The summed E-state index contributed by atoms with van der Waals surface area (Å²) in [6.45, 7) is 7.53. The van der Waals surface area contributed by atoms with Gasteiger partial charge in [0, 0.05) is 29.5 Å². The number of hydrogen-bond donors (Lipinski definition) is 1. The number of rotatable bonds is 4. The zero-order valence-corrected chi connectivity index (χ0v) is 15.2. The molecule has 0 aliphatic carbocycles. The highest BCUT2D eigenvalue weighted by Gasteiger charge is 2.16. The number of nitrogens with one attached hydrogen (secondary N) is 1. The second-order valence-electron chi connectivity index (χ2n) is 6.11. The van der Waals surface area contributed by atoms with E-state index in [9.17, 15) is 13.2 Å². The van der Waals surface area contributed by atoms with E-state index < -0.39 is 15.7 Å². The van der Waals surface area contributed by atoms with E-state index >= 15 is 0 Å². The topological polar surface area (TPSA) is 89.0 Å². The molecule has 6 nitrogen and oxygen atoms in total. The lowest BCUT2D eigenvalue weighted by Crippen LogP contribution is -2.16. The van der Waals surface area contributed by atoms with E-state index in [1.54, 1.807) is 19.1 Å². The summed E-state index contributed by atoms with van der Waals surface area (Å²) in [5, 5.41) is 2.73. The van der Waals surface area contributed by atoms with Gasteiger partial charge in [0.05, 0.1) is 4.90 Å². The average molecular weight is 347 g/mol. The van der Waals surface area contributed by atoms with Crippen LogP contribution in [0.5, 0.6) is 0 Å². The van der Waals surface area contributed by atoms with Crippen molar-refractivity contribution < 1.29 is 13.2 Å². The number of benzene rings is 1. The van der Waals surface area contributed by atoms with Gasteiger partial charge in [0.2, 0.25) is 0 Å². The third-order valence-corrected chi connectivity index (χ3v) is 4.62. The van der Waals surface area contributed by atoms with Crippen molar-refractivity contribution >= 4 is 21.6 Å². The van der Waals surface area contributed by atoms with Crippen LogP contribution in [0.4, 0.5) is 5.82 Å². The highest BCUT2D eigenvalue weighted by molar-refractivity contribution is 7.90. The SMILES string of the molecule is Cc1cc(NC(=O)c2cc(S(C)(=O)=O)ccc2C)nc(C(C)C)n1. The van der Waals surface area contributed by atoms with Gasteiger partial charge in [-0.2, -0.15) is 0 Å². The van der Waals surface area contributed by atoms with Crippen molar-refractivity contribution in [2.24, 2.45) is 0 Å². The van der Waals surface area contributed by atoms with E-state index in [1.165, 1.54) is 12.1 Å². The van der Waals surface area contributed by atoms with Crippen molar-refractivity contribution in [3.05, 3.63) is 46.9 Å². The molecule has 0 aliphatic rings. The lowest BCUT2D eigenvalue weighted by Gasteiger charge is -2.11. The van der Waals surface area contributed by atoms with E-state index in [-0.39, 0.29) is 10.8 Å². The predicted molar refractivity (Wildman–Crippen MR) is 93.1 cm³/mol. The molecule has 0 aliphatic heterocycles. The molecule has 0 bridgehead atoms. The Morgan fingerprint density at radius 1 is 1.12 bits per heavy atom. The second kappa shape index (κ2) is 6.68. The molecular formula is C17H21N3O3S. The minimum atomic E-state index is -3.38. The standard InChI is InChI=1S/C17H21N3O3S/c1-10(2)16-18-12(4)8-15(19-16)20-17(21)14-9-13(24(5,22)23)7-6-11(14)3/h6-10H,1-5H3,(H,18,19,20,21). The molecule has 0 unspecified atom stereocenters. The molecular weight excluding hydrogens is 326 g/mol. The molecule has 1 N–H and O–H groups in total. The lowest BCUT2D eigenvalue weighted by molar-refractivity contribution is 0.102. The van der Waals surface area contributed by atoms with Gasteiger partial charge in [-0.1, -0.05) is 19.9 Å². The summed E-state index contributed by atoms with van der Waals surface area (Å²) < 4.78 is 23.4. The molecule has 0 spiro atoms. The number of nitrogens with zero attached hydrogens (tertiary/aromatic N) is 2. The first-order chi connectivity index (χ1) is 11.1. The van der Waals surface area contributed by atoms with Gasteiger partial charge in [0.15, 0.2) is 9.84 Å². The Bertz CT molecular complexity index is 890. The minimum Gasteiger partial charge on any atom is -0.306 e. The van der Waals surface area contributed by atoms with Gasteiger partial charge < -0.3 is 5.32 Å². The van der Waals surface area contributed by atoms with Crippen LogP contribution in [-0.4, -0.2) is 30.5 Å². The quantitative estimate of drug-likeness (QED) is 0.918. The smallest absolute Gasteiger partial charge is 0.257 e. The van der Waals surface area contributed by atoms with Crippen LogP contribution < -0.4 is 5.32 Å². The van der Waals surface area contributed by atoms with Crippen LogP contribution in [0.3, 0.4) is 0 Å². The Balaban J connectivity index is 2.37. The van der Waals surface area contributed by atoms with E-state index in [0.29, 0.717) is 22.8 Å². The van der Waals surface area contributed by atoms with E-state index in [0.717, 1.165) is 11.9 Å². The highest BCUT2D eigenvalue weighted by Crippen LogP contribution is 2.18. The number of sulfone groups is 1.